The van der Waals surface area contributed by atoms with Gasteiger partial charge in [0.15, 0.2) is 0 Å². The van der Waals surface area contributed by atoms with Gasteiger partial charge in [0.1, 0.15) is 0 Å². The predicted molar refractivity (Wildman–Crippen MR) is 67.6 cm³/mol. The standard InChI is InChI=1S/C12H27N3O/c1-5-14-6-8-15(9-7-14)12(3,10-13)11(2)16-4/h11H,5-10,13H2,1-4H3. The minimum atomic E-state index is -0.0332. The van der Waals surface area contributed by atoms with Gasteiger partial charge >= 0.3 is 0 Å². The number of ether oxygens (including phenoxy) is 1. The van der Waals surface area contributed by atoms with Crippen LogP contribution in [-0.2, 0) is 4.74 Å². The highest BCUT2D eigenvalue weighted by Crippen LogP contribution is 2.22. The highest BCUT2D eigenvalue weighted by molar-refractivity contribution is 4.94. The van der Waals surface area contributed by atoms with Crippen molar-refractivity contribution in [3.05, 3.63) is 0 Å². The fourth-order valence-electron chi connectivity index (χ4n) is 2.38. The highest BCUT2D eigenvalue weighted by atomic mass is 16.5. The van der Waals surface area contributed by atoms with E-state index in [4.69, 9.17) is 10.5 Å². The van der Waals surface area contributed by atoms with Gasteiger partial charge in [-0.2, -0.15) is 0 Å². The van der Waals surface area contributed by atoms with Gasteiger partial charge in [0, 0.05) is 39.8 Å². The number of piperazine rings is 1. The van der Waals surface area contributed by atoms with Gasteiger partial charge in [-0.1, -0.05) is 6.92 Å². The molecular formula is C12H27N3O. The summed E-state index contributed by atoms with van der Waals surface area (Å²) in [6.07, 6.45) is 0.172. The first-order chi connectivity index (χ1) is 7.58. The van der Waals surface area contributed by atoms with E-state index in [0.29, 0.717) is 6.54 Å². The predicted octanol–water partition coefficient (Wildman–Crippen LogP) is 0.376. The van der Waals surface area contributed by atoms with Crippen LogP contribution in [0.3, 0.4) is 0 Å². The summed E-state index contributed by atoms with van der Waals surface area (Å²) in [6.45, 7) is 12.8. The molecule has 0 amide bonds. The van der Waals surface area contributed by atoms with Crippen molar-refractivity contribution in [3.63, 3.8) is 0 Å². The summed E-state index contributed by atoms with van der Waals surface area (Å²) < 4.78 is 5.48. The summed E-state index contributed by atoms with van der Waals surface area (Å²) >= 11 is 0. The first-order valence-electron chi connectivity index (χ1n) is 6.28. The molecule has 1 saturated heterocycles. The van der Waals surface area contributed by atoms with Crippen LogP contribution in [0, 0.1) is 0 Å². The second kappa shape index (κ2) is 5.96. The fraction of sp³-hybridized carbons (Fsp3) is 1.00. The average Bonchev–Trinajstić information content (AvgIpc) is 2.36. The highest BCUT2D eigenvalue weighted by Gasteiger charge is 2.37. The molecular weight excluding hydrogens is 202 g/mol. The van der Waals surface area contributed by atoms with Crippen LogP contribution in [0.2, 0.25) is 0 Å². The van der Waals surface area contributed by atoms with E-state index in [0.717, 1.165) is 32.7 Å². The summed E-state index contributed by atoms with van der Waals surface area (Å²) in [5.74, 6) is 0. The maximum atomic E-state index is 5.95. The first kappa shape index (κ1) is 13.9. The van der Waals surface area contributed by atoms with Crippen molar-refractivity contribution in [3.8, 4) is 0 Å². The van der Waals surface area contributed by atoms with Crippen LogP contribution in [0.25, 0.3) is 0 Å². The van der Waals surface area contributed by atoms with Gasteiger partial charge in [-0.15, -0.1) is 0 Å². The third-order valence-corrected chi connectivity index (χ3v) is 4.18. The number of nitrogens with two attached hydrogens (primary N) is 1. The molecule has 0 spiro atoms. The largest absolute Gasteiger partial charge is 0.380 e. The van der Waals surface area contributed by atoms with E-state index in [2.05, 4.69) is 30.6 Å². The molecule has 0 aromatic rings. The van der Waals surface area contributed by atoms with E-state index in [-0.39, 0.29) is 11.6 Å². The molecule has 1 heterocycles. The van der Waals surface area contributed by atoms with E-state index in [1.807, 2.05) is 0 Å². The van der Waals surface area contributed by atoms with Crippen molar-refractivity contribution in [2.75, 3.05) is 46.4 Å². The molecule has 16 heavy (non-hydrogen) atoms. The molecule has 2 atom stereocenters. The molecule has 1 fully saturated rings. The van der Waals surface area contributed by atoms with Crippen molar-refractivity contribution in [1.82, 2.24) is 9.80 Å². The third kappa shape index (κ3) is 2.74. The Morgan fingerprint density at radius 3 is 2.25 bits per heavy atom. The monoisotopic (exact) mass is 229 g/mol. The van der Waals surface area contributed by atoms with E-state index in [1.165, 1.54) is 0 Å². The van der Waals surface area contributed by atoms with Gasteiger partial charge in [-0.25, -0.2) is 0 Å². The van der Waals surface area contributed by atoms with Gasteiger partial charge in [-0.05, 0) is 20.4 Å². The smallest absolute Gasteiger partial charge is 0.0736 e. The Hall–Kier alpha value is -0.160. The van der Waals surface area contributed by atoms with E-state index in [9.17, 15) is 0 Å². The molecule has 0 bridgehead atoms. The van der Waals surface area contributed by atoms with Gasteiger partial charge < -0.3 is 15.4 Å². The Labute approximate surface area is 99.7 Å². The lowest BCUT2D eigenvalue weighted by Crippen LogP contribution is -2.63. The minimum absolute atomic E-state index is 0.0332. The topological polar surface area (TPSA) is 41.7 Å². The molecule has 0 saturated carbocycles. The third-order valence-electron chi connectivity index (χ3n) is 4.18. The maximum absolute atomic E-state index is 5.95. The van der Waals surface area contributed by atoms with Crippen LogP contribution in [0.4, 0.5) is 0 Å². The molecule has 1 aliphatic heterocycles. The van der Waals surface area contributed by atoms with Crippen LogP contribution in [-0.4, -0.2) is 67.8 Å². The van der Waals surface area contributed by atoms with E-state index >= 15 is 0 Å². The van der Waals surface area contributed by atoms with Crippen molar-refractivity contribution >= 4 is 0 Å². The molecule has 2 N–H and O–H groups in total. The van der Waals surface area contributed by atoms with Gasteiger partial charge in [0.05, 0.1) is 11.6 Å². The maximum Gasteiger partial charge on any atom is 0.0736 e. The van der Waals surface area contributed by atoms with Crippen molar-refractivity contribution in [1.29, 1.82) is 0 Å². The fourth-order valence-corrected chi connectivity index (χ4v) is 2.38. The Kier molecular flexibility index (Phi) is 5.18. The normalized spacial score (nSPS) is 25.3. The number of hydrogen-bond donors (Lipinski definition) is 1. The van der Waals surface area contributed by atoms with Crippen LogP contribution in [0.5, 0.6) is 0 Å². The number of likely N-dealkylation sites (N-methyl/N-ethyl adjacent to an activating group) is 1. The summed E-state index contributed by atoms with van der Waals surface area (Å²) in [5.41, 5.74) is 5.91. The zero-order chi connectivity index (χ0) is 12.2. The van der Waals surface area contributed by atoms with E-state index in [1.54, 1.807) is 7.11 Å². The minimum Gasteiger partial charge on any atom is -0.380 e. The Balaban J connectivity index is 2.61. The molecule has 0 aromatic carbocycles. The summed E-state index contributed by atoms with van der Waals surface area (Å²) in [7, 11) is 1.76. The average molecular weight is 229 g/mol. The lowest BCUT2D eigenvalue weighted by molar-refractivity contribution is -0.0488. The summed E-state index contributed by atoms with van der Waals surface area (Å²) in [6, 6.07) is 0. The first-order valence-corrected chi connectivity index (χ1v) is 6.28. The Morgan fingerprint density at radius 2 is 1.88 bits per heavy atom. The molecule has 2 unspecified atom stereocenters. The lowest BCUT2D eigenvalue weighted by atomic mass is 9.92. The van der Waals surface area contributed by atoms with Crippen molar-refractivity contribution in [2.24, 2.45) is 5.73 Å². The van der Waals surface area contributed by atoms with Crippen molar-refractivity contribution in [2.45, 2.75) is 32.4 Å². The van der Waals surface area contributed by atoms with Crippen LogP contribution < -0.4 is 5.73 Å². The van der Waals surface area contributed by atoms with E-state index < -0.39 is 0 Å². The van der Waals surface area contributed by atoms with Crippen LogP contribution >= 0.6 is 0 Å². The number of nitrogens with zero attached hydrogens (tertiary/aromatic N) is 2. The zero-order valence-electron chi connectivity index (χ0n) is 11.2. The number of rotatable bonds is 5. The molecule has 96 valence electrons. The zero-order valence-corrected chi connectivity index (χ0v) is 11.2. The summed E-state index contributed by atoms with van der Waals surface area (Å²) in [4.78, 5) is 4.96. The molecule has 1 rings (SSSR count). The molecule has 1 aliphatic rings. The SMILES string of the molecule is CCN1CCN(C(C)(CN)C(C)OC)CC1. The van der Waals surface area contributed by atoms with Gasteiger partial charge in [-0.3, -0.25) is 4.90 Å². The molecule has 4 nitrogen and oxygen atoms in total. The van der Waals surface area contributed by atoms with Crippen molar-refractivity contribution < 1.29 is 4.74 Å². The molecule has 0 aliphatic carbocycles. The quantitative estimate of drug-likeness (QED) is 0.740. The molecule has 0 aromatic heterocycles. The summed E-state index contributed by atoms with van der Waals surface area (Å²) in [5, 5.41) is 0. The number of methoxy groups -OCH3 is 1. The second-order valence-corrected chi connectivity index (χ2v) is 4.86. The van der Waals surface area contributed by atoms with Gasteiger partial charge in [0.25, 0.3) is 0 Å². The molecule has 0 radical (unpaired) electrons. The molecule has 4 heteroatoms. The van der Waals surface area contributed by atoms with Crippen LogP contribution in [0.15, 0.2) is 0 Å². The van der Waals surface area contributed by atoms with Crippen LogP contribution in [0.1, 0.15) is 20.8 Å². The lowest BCUT2D eigenvalue weighted by Gasteiger charge is -2.47. The second-order valence-electron chi connectivity index (χ2n) is 4.86. The number of hydrogen-bond acceptors (Lipinski definition) is 4. The Morgan fingerprint density at radius 1 is 1.31 bits per heavy atom. The Bertz CT molecular complexity index is 204. The van der Waals surface area contributed by atoms with Gasteiger partial charge in [0.2, 0.25) is 0 Å².